The molecule has 0 radical (unpaired) electrons. The van der Waals surface area contributed by atoms with Crippen LogP contribution < -0.4 is 0 Å². The van der Waals surface area contributed by atoms with E-state index in [4.69, 9.17) is 23.7 Å². The van der Waals surface area contributed by atoms with Gasteiger partial charge in [0.25, 0.3) is 0 Å². The van der Waals surface area contributed by atoms with Crippen molar-refractivity contribution in [3.05, 3.63) is 63.3 Å². The van der Waals surface area contributed by atoms with Gasteiger partial charge in [0.2, 0.25) is 0 Å². The predicted molar refractivity (Wildman–Crippen MR) is 113 cm³/mol. The number of hydrogen-bond acceptors (Lipinski definition) is 11. The minimum absolute atomic E-state index is 0.521. The third kappa shape index (κ3) is 10.7. The quantitative estimate of drug-likeness (QED) is 0.190. The maximum atomic E-state index is 12.0. The molecule has 0 aromatic carbocycles. The van der Waals surface area contributed by atoms with Crippen molar-refractivity contribution in [1.29, 1.82) is 0 Å². The molecule has 0 fully saturated rings. The molecule has 11 nitrogen and oxygen atoms in total. The van der Waals surface area contributed by atoms with Gasteiger partial charge in [0, 0.05) is 30.4 Å². The first-order valence-electron chi connectivity index (χ1n) is 9.35. The SMILES string of the molecule is C=CC(=O)OCC(CO)C(OC(=O)C=C)C(OC(=O)C=C)C(COC(=O)C=C)OC(=O)C=C. The van der Waals surface area contributed by atoms with E-state index in [1.54, 1.807) is 0 Å². The van der Waals surface area contributed by atoms with Crippen LogP contribution in [0.2, 0.25) is 0 Å². The Balaban J connectivity index is 6.37. The molecule has 4 atom stereocenters. The molecule has 0 saturated heterocycles. The summed E-state index contributed by atoms with van der Waals surface area (Å²) in [6.45, 7) is 14.3. The summed E-state index contributed by atoms with van der Waals surface area (Å²) in [5.41, 5.74) is 0. The van der Waals surface area contributed by atoms with Crippen LogP contribution in [-0.4, -0.2) is 73.1 Å². The largest absolute Gasteiger partial charge is 0.462 e. The van der Waals surface area contributed by atoms with Crippen molar-refractivity contribution in [3.8, 4) is 0 Å². The molecule has 0 aromatic rings. The van der Waals surface area contributed by atoms with E-state index in [-0.39, 0.29) is 0 Å². The Bertz CT molecular complexity index is 783. The molecule has 0 spiro atoms. The van der Waals surface area contributed by atoms with Gasteiger partial charge in [-0.3, -0.25) is 0 Å². The minimum Gasteiger partial charge on any atom is -0.462 e. The zero-order chi connectivity index (χ0) is 25.4. The van der Waals surface area contributed by atoms with Crippen LogP contribution in [0, 0.1) is 5.92 Å². The first-order valence-corrected chi connectivity index (χ1v) is 9.35. The molecule has 0 aliphatic heterocycles. The van der Waals surface area contributed by atoms with E-state index in [0.717, 1.165) is 30.4 Å². The van der Waals surface area contributed by atoms with Crippen LogP contribution in [0.5, 0.6) is 0 Å². The van der Waals surface area contributed by atoms with Crippen molar-refractivity contribution in [1.82, 2.24) is 0 Å². The summed E-state index contributed by atoms with van der Waals surface area (Å²) in [5, 5.41) is 9.86. The van der Waals surface area contributed by atoms with Crippen LogP contribution in [0.3, 0.4) is 0 Å². The average molecular weight is 466 g/mol. The number of ether oxygens (including phenoxy) is 5. The van der Waals surface area contributed by atoms with Crippen LogP contribution in [0.1, 0.15) is 0 Å². The first kappa shape index (κ1) is 29.0. The van der Waals surface area contributed by atoms with E-state index in [0.29, 0.717) is 0 Å². The fraction of sp³-hybridized carbons (Fsp3) is 0.318. The predicted octanol–water partition coefficient (Wildman–Crippen LogP) is 0.347. The van der Waals surface area contributed by atoms with Gasteiger partial charge in [-0.05, 0) is 0 Å². The van der Waals surface area contributed by atoms with Crippen molar-refractivity contribution in [2.24, 2.45) is 5.92 Å². The molecule has 1 N–H and O–H groups in total. The highest BCUT2D eigenvalue weighted by Gasteiger charge is 2.43. The van der Waals surface area contributed by atoms with E-state index in [1.807, 2.05) is 0 Å². The summed E-state index contributed by atoms with van der Waals surface area (Å²) >= 11 is 0. The Hall–Kier alpha value is -3.99. The second kappa shape index (κ2) is 15.8. The maximum Gasteiger partial charge on any atom is 0.330 e. The van der Waals surface area contributed by atoms with Crippen molar-refractivity contribution in [2.45, 2.75) is 18.3 Å². The number of hydrogen-bond donors (Lipinski definition) is 1. The third-order valence-corrected chi connectivity index (χ3v) is 3.82. The topological polar surface area (TPSA) is 152 Å². The lowest BCUT2D eigenvalue weighted by atomic mass is 9.95. The van der Waals surface area contributed by atoms with Crippen molar-refractivity contribution < 1.29 is 52.8 Å². The van der Waals surface area contributed by atoms with Gasteiger partial charge < -0.3 is 28.8 Å². The second-order valence-electron chi connectivity index (χ2n) is 6.00. The maximum absolute atomic E-state index is 12.0. The molecule has 0 aromatic heterocycles. The summed E-state index contributed by atoms with van der Waals surface area (Å²) in [6.07, 6.45) is -0.772. The van der Waals surface area contributed by atoms with Gasteiger partial charge in [-0.25, -0.2) is 24.0 Å². The van der Waals surface area contributed by atoms with Gasteiger partial charge in [-0.1, -0.05) is 32.9 Å². The zero-order valence-electron chi connectivity index (χ0n) is 17.9. The highest BCUT2D eigenvalue weighted by Crippen LogP contribution is 2.22. The normalized spacial score (nSPS) is 13.5. The standard InChI is InChI=1S/C22H26O11/c1-6-16(24)29-12-14(11-23)21(32-19(27)9-4)22(33-20(28)10-5)15(31-18(26)8-3)13-30-17(25)7-2/h6-10,14-15,21-23H,1-5,11-13H2. The molecule has 0 aliphatic rings. The van der Waals surface area contributed by atoms with E-state index in [9.17, 15) is 29.1 Å². The molecule has 0 bridgehead atoms. The summed E-state index contributed by atoms with van der Waals surface area (Å²) in [5.74, 6) is -5.99. The molecule has 4 unspecified atom stereocenters. The number of aliphatic hydroxyl groups excluding tert-OH is 1. The highest BCUT2D eigenvalue weighted by atomic mass is 16.6. The Labute approximate surface area is 190 Å². The Morgan fingerprint density at radius 1 is 0.606 bits per heavy atom. The van der Waals surface area contributed by atoms with Crippen LogP contribution in [0.15, 0.2) is 63.3 Å². The Morgan fingerprint density at radius 3 is 1.42 bits per heavy atom. The lowest BCUT2D eigenvalue weighted by Gasteiger charge is -2.35. The molecular formula is C22H26O11. The van der Waals surface area contributed by atoms with Gasteiger partial charge >= 0.3 is 29.8 Å². The van der Waals surface area contributed by atoms with Gasteiger partial charge in [0.05, 0.1) is 12.5 Å². The summed E-state index contributed by atoms with van der Waals surface area (Å²) < 4.78 is 25.4. The number of aliphatic hydroxyl groups is 1. The smallest absolute Gasteiger partial charge is 0.330 e. The Morgan fingerprint density at radius 2 is 1.00 bits per heavy atom. The fourth-order valence-electron chi connectivity index (χ4n) is 2.27. The molecule has 180 valence electrons. The number of esters is 5. The summed E-state index contributed by atoms with van der Waals surface area (Å²) in [7, 11) is 0. The van der Waals surface area contributed by atoms with Crippen molar-refractivity contribution in [2.75, 3.05) is 19.8 Å². The molecule has 0 amide bonds. The van der Waals surface area contributed by atoms with Crippen molar-refractivity contribution >= 4 is 29.8 Å². The molecule has 0 heterocycles. The monoisotopic (exact) mass is 466 g/mol. The second-order valence-corrected chi connectivity index (χ2v) is 6.00. The van der Waals surface area contributed by atoms with Crippen molar-refractivity contribution in [3.63, 3.8) is 0 Å². The average Bonchev–Trinajstić information content (AvgIpc) is 2.83. The van der Waals surface area contributed by atoms with E-state index < -0.39 is 73.9 Å². The number of carbonyl (C=O) groups excluding carboxylic acids is 5. The van der Waals surface area contributed by atoms with Crippen LogP contribution in [0.4, 0.5) is 0 Å². The van der Waals surface area contributed by atoms with Gasteiger partial charge in [0.15, 0.2) is 18.3 Å². The minimum atomic E-state index is -1.67. The summed E-state index contributed by atoms with van der Waals surface area (Å²) in [6, 6.07) is 0. The molecule has 0 saturated carbocycles. The van der Waals surface area contributed by atoms with E-state index >= 15 is 0 Å². The first-order chi connectivity index (χ1) is 15.7. The Kier molecular flexibility index (Phi) is 13.9. The van der Waals surface area contributed by atoms with Crippen LogP contribution in [0.25, 0.3) is 0 Å². The molecular weight excluding hydrogens is 440 g/mol. The third-order valence-electron chi connectivity index (χ3n) is 3.82. The van der Waals surface area contributed by atoms with Crippen LogP contribution >= 0.6 is 0 Å². The number of rotatable bonds is 16. The lowest BCUT2D eigenvalue weighted by Crippen LogP contribution is -2.52. The van der Waals surface area contributed by atoms with Crippen LogP contribution in [-0.2, 0) is 47.7 Å². The molecule has 11 heteroatoms. The van der Waals surface area contributed by atoms with E-state index in [2.05, 4.69) is 32.9 Å². The lowest BCUT2D eigenvalue weighted by molar-refractivity contribution is -0.193. The van der Waals surface area contributed by atoms with Gasteiger partial charge in [0.1, 0.15) is 13.2 Å². The molecule has 0 aliphatic carbocycles. The highest BCUT2D eigenvalue weighted by molar-refractivity contribution is 5.83. The fourth-order valence-corrected chi connectivity index (χ4v) is 2.27. The van der Waals surface area contributed by atoms with E-state index in [1.165, 1.54) is 0 Å². The molecule has 0 rings (SSSR count). The van der Waals surface area contributed by atoms with Gasteiger partial charge in [-0.2, -0.15) is 0 Å². The number of carbonyl (C=O) groups is 5. The van der Waals surface area contributed by atoms with Gasteiger partial charge in [-0.15, -0.1) is 0 Å². The zero-order valence-corrected chi connectivity index (χ0v) is 17.9. The molecule has 33 heavy (non-hydrogen) atoms. The summed E-state index contributed by atoms with van der Waals surface area (Å²) in [4.78, 5) is 58.9.